The van der Waals surface area contributed by atoms with Crippen LogP contribution in [0, 0.1) is 11.0 Å². The molecule has 23 heavy (non-hydrogen) atoms. The molecule has 0 radical (unpaired) electrons. The Morgan fingerprint density at radius 1 is 1.26 bits per heavy atom. The lowest BCUT2D eigenvalue weighted by Crippen LogP contribution is -2.41. The average Bonchev–Trinajstić information content (AvgIpc) is 2.98. The lowest BCUT2D eigenvalue weighted by Gasteiger charge is -2.12. The Balaban J connectivity index is 2.36. The molecule has 0 bridgehead atoms. The fourth-order valence-electron chi connectivity index (χ4n) is 2.08. The topological polar surface area (TPSA) is 70.0 Å². The van der Waals surface area contributed by atoms with Crippen LogP contribution in [0.2, 0.25) is 0 Å². The van der Waals surface area contributed by atoms with Gasteiger partial charge in [-0.05, 0) is 18.2 Å². The zero-order valence-corrected chi connectivity index (χ0v) is 11.1. The third-order valence-corrected chi connectivity index (χ3v) is 3.04. The van der Waals surface area contributed by atoms with Crippen molar-refractivity contribution >= 4 is 16.8 Å². The van der Waals surface area contributed by atoms with E-state index in [1.807, 2.05) is 0 Å². The van der Waals surface area contributed by atoms with E-state index in [0.717, 1.165) is 30.5 Å². The average molecular weight is 326 g/mol. The summed E-state index contributed by atoms with van der Waals surface area (Å²) in [5.41, 5.74) is -3.81. The minimum absolute atomic E-state index is 0.372. The third kappa shape index (κ3) is 2.50. The Hall–Kier alpha value is -2.97. The molecule has 0 saturated heterocycles. The highest BCUT2D eigenvalue weighted by molar-refractivity contribution is 6.07. The maximum absolute atomic E-state index is 13.2. The molecule has 2 heterocycles. The van der Waals surface area contributed by atoms with Gasteiger partial charge in [0.1, 0.15) is 11.3 Å². The van der Waals surface area contributed by atoms with Crippen LogP contribution in [0.4, 0.5) is 17.6 Å². The molecular formula is C14H6F4N2O3. The zero-order chi connectivity index (χ0) is 16.8. The van der Waals surface area contributed by atoms with E-state index in [9.17, 15) is 27.6 Å². The number of rotatable bonds is 2. The molecule has 3 rings (SSSR count). The lowest BCUT2D eigenvalue weighted by atomic mass is 10.1. The molecule has 2 aromatic heterocycles. The van der Waals surface area contributed by atoms with Gasteiger partial charge in [-0.15, -0.1) is 0 Å². The summed E-state index contributed by atoms with van der Waals surface area (Å²) in [4.78, 5) is 15.7. The van der Waals surface area contributed by atoms with Gasteiger partial charge >= 0.3 is 11.9 Å². The largest absolute Gasteiger partial charge is 0.618 e. The number of fused-ring (bicyclic) bond motifs is 1. The first kappa shape index (κ1) is 14.9. The Bertz CT molecular complexity index is 905. The molecule has 118 valence electrons. The standard InChI is InChI=1S/C14H6F4N2O3/c15-7-3-4-9-8(6-7)19-11(12(21)10-2-1-5-23-10)13(20(9)22)14(16,17)18/h1-6H. The SMILES string of the molecule is O=C(c1ccco1)c1nc2cc(F)ccc2[n+]([O-])c1C(F)(F)F. The molecule has 0 aliphatic heterocycles. The van der Waals surface area contributed by atoms with Crippen molar-refractivity contribution in [1.82, 2.24) is 4.98 Å². The molecule has 5 nitrogen and oxygen atoms in total. The van der Waals surface area contributed by atoms with Crippen LogP contribution in [0.25, 0.3) is 11.0 Å². The van der Waals surface area contributed by atoms with Gasteiger partial charge in [0, 0.05) is 12.1 Å². The predicted octanol–water partition coefficient (Wildman–Crippen LogP) is 2.85. The van der Waals surface area contributed by atoms with Crippen molar-refractivity contribution in [3.8, 4) is 0 Å². The van der Waals surface area contributed by atoms with Crippen LogP contribution in [0.1, 0.15) is 21.9 Å². The molecule has 0 spiro atoms. The Morgan fingerprint density at radius 3 is 2.61 bits per heavy atom. The molecule has 0 fully saturated rings. The van der Waals surface area contributed by atoms with Crippen LogP contribution in [-0.2, 0) is 6.18 Å². The van der Waals surface area contributed by atoms with E-state index in [-0.39, 0.29) is 5.52 Å². The number of benzene rings is 1. The number of carbonyl (C=O) groups excluding carboxylic acids is 1. The smallest absolute Gasteiger partial charge is 0.481 e. The zero-order valence-electron chi connectivity index (χ0n) is 11.1. The van der Waals surface area contributed by atoms with Crippen LogP contribution < -0.4 is 4.73 Å². The van der Waals surface area contributed by atoms with Gasteiger partial charge in [-0.2, -0.15) is 17.9 Å². The lowest BCUT2D eigenvalue weighted by molar-refractivity contribution is -0.603. The van der Waals surface area contributed by atoms with Gasteiger partial charge in [-0.1, -0.05) is 0 Å². The molecule has 0 N–H and O–H groups in total. The van der Waals surface area contributed by atoms with Crippen molar-refractivity contribution in [3.63, 3.8) is 0 Å². The molecule has 0 atom stereocenters. The normalized spacial score (nSPS) is 11.8. The van der Waals surface area contributed by atoms with Gasteiger partial charge in [0.15, 0.2) is 11.5 Å². The van der Waals surface area contributed by atoms with Crippen LogP contribution in [0.5, 0.6) is 0 Å². The van der Waals surface area contributed by atoms with E-state index >= 15 is 0 Å². The highest BCUT2D eigenvalue weighted by Crippen LogP contribution is 2.31. The monoisotopic (exact) mass is 326 g/mol. The van der Waals surface area contributed by atoms with Crippen LogP contribution >= 0.6 is 0 Å². The van der Waals surface area contributed by atoms with Crippen LogP contribution in [0.3, 0.4) is 0 Å². The summed E-state index contributed by atoms with van der Waals surface area (Å²) in [6, 6.07) is 4.89. The summed E-state index contributed by atoms with van der Waals surface area (Å²) in [7, 11) is 0. The first-order chi connectivity index (χ1) is 10.8. The van der Waals surface area contributed by atoms with Crippen molar-refractivity contribution in [2.45, 2.75) is 6.18 Å². The number of aromatic nitrogens is 2. The third-order valence-electron chi connectivity index (χ3n) is 3.04. The van der Waals surface area contributed by atoms with Gasteiger partial charge < -0.3 is 9.62 Å². The number of carbonyl (C=O) groups is 1. The van der Waals surface area contributed by atoms with Gasteiger partial charge in [0.25, 0.3) is 5.78 Å². The first-order valence-electron chi connectivity index (χ1n) is 6.17. The van der Waals surface area contributed by atoms with Crippen molar-refractivity contribution in [2.24, 2.45) is 0 Å². The van der Waals surface area contributed by atoms with Crippen molar-refractivity contribution in [2.75, 3.05) is 0 Å². The molecule has 0 aliphatic carbocycles. The second kappa shape index (κ2) is 5.04. The highest BCUT2D eigenvalue weighted by Gasteiger charge is 2.47. The fraction of sp³-hybridized carbons (Fsp3) is 0.0714. The molecule has 0 unspecified atom stereocenters. The number of alkyl halides is 3. The molecule has 1 aromatic carbocycles. The van der Waals surface area contributed by atoms with Gasteiger partial charge in [-0.25, -0.2) is 9.37 Å². The first-order valence-corrected chi connectivity index (χ1v) is 6.17. The minimum Gasteiger partial charge on any atom is -0.618 e. The number of furan rings is 1. The van der Waals surface area contributed by atoms with E-state index in [0.29, 0.717) is 0 Å². The number of hydrogen-bond donors (Lipinski definition) is 0. The van der Waals surface area contributed by atoms with E-state index in [1.54, 1.807) is 0 Å². The van der Waals surface area contributed by atoms with Gasteiger partial charge in [0.05, 0.1) is 6.26 Å². The summed E-state index contributed by atoms with van der Waals surface area (Å²) in [6.45, 7) is 0. The molecular weight excluding hydrogens is 320 g/mol. The summed E-state index contributed by atoms with van der Waals surface area (Å²) in [5.74, 6) is -2.45. The van der Waals surface area contributed by atoms with E-state index < -0.39 is 45.2 Å². The number of ketones is 1. The molecule has 3 aromatic rings. The summed E-state index contributed by atoms with van der Waals surface area (Å²) < 4.78 is 57.1. The fourth-order valence-corrected chi connectivity index (χ4v) is 2.08. The van der Waals surface area contributed by atoms with E-state index in [1.165, 1.54) is 6.07 Å². The maximum Gasteiger partial charge on any atom is 0.481 e. The molecule has 0 aliphatic rings. The second-order valence-corrected chi connectivity index (χ2v) is 4.54. The number of hydrogen-bond acceptors (Lipinski definition) is 4. The Kier molecular flexibility index (Phi) is 3.28. The van der Waals surface area contributed by atoms with Gasteiger partial charge in [-0.3, -0.25) is 4.79 Å². The molecule has 0 saturated carbocycles. The number of halogens is 4. The quantitative estimate of drug-likeness (QED) is 0.314. The summed E-state index contributed by atoms with van der Waals surface area (Å²) in [6.07, 6.45) is -4.04. The van der Waals surface area contributed by atoms with Crippen LogP contribution in [0.15, 0.2) is 41.0 Å². The van der Waals surface area contributed by atoms with Gasteiger partial charge in [0.2, 0.25) is 5.52 Å². The number of nitrogens with zero attached hydrogens (tertiary/aromatic N) is 2. The highest BCUT2D eigenvalue weighted by atomic mass is 19.4. The van der Waals surface area contributed by atoms with Crippen molar-refractivity contribution < 1.29 is 31.5 Å². The Labute approximate surface area is 125 Å². The molecule has 0 amide bonds. The molecule has 9 heteroatoms. The van der Waals surface area contributed by atoms with Crippen molar-refractivity contribution in [1.29, 1.82) is 0 Å². The predicted molar refractivity (Wildman–Crippen MR) is 67.8 cm³/mol. The summed E-state index contributed by atoms with van der Waals surface area (Å²) >= 11 is 0. The minimum atomic E-state index is -5.13. The maximum atomic E-state index is 13.2. The van der Waals surface area contributed by atoms with E-state index in [4.69, 9.17) is 4.42 Å². The van der Waals surface area contributed by atoms with Crippen LogP contribution in [-0.4, -0.2) is 10.8 Å². The van der Waals surface area contributed by atoms with Crippen molar-refractivity contribution in [3.05, 3.63) is 64.8 Å². The van der Waals surface area contributed by atoms with E-state index in [2.05, 4.69) is 4.98 Å². The Morgan fingerprint density at radius 2 is 2.00 bits per heavy atom. The summed E-state index contributed by atoms with van der Waals surface area (Å²) in [5, 5.41) is 12.0. The second-order valence-electron chi connectivity index (χ2n) is 4.54.